The predicted octanol–water partition coefficient (Wildman–Crippen LogP) is 2.85. The fourth-order valence-electron chi connectivity index (χ4n) is 1.64. The van der Waals surface area contributed by atoms with Crippen LogP contribution in [0.1, 0.15) is 33.3 Å². The number of carbonyl (C=O) groups is 1. The number of benzene rings is 1. The van der Waals surface area contributed by atoms with E-state index in [4.69, 9.17) is 0 Å². The fourth-order valence-corrected chi connectivity index (χ4v) is 2.20. The number of Topliss-reactive ketones (excluding diaryl/α,β-unsaturated/α-hetero) is 1. The summed E-state index contributed by atoms with van der Waals surface area (Å²) in [6.07, 6.45) is 1.47. The molecule has 1 N–H and O–H groups in total. The highest BCUT2D eigenvalue weighted by Crippen LogP contribution is 2.28. The van der Waals surface area contributed by atoms with Gasteiger partial charge in [-0.25, -0.2) is 8.42 Å². The second-order valence-electron chi connectivity index (χ2n) is 6.05. The molecule has 1 aromatic rings. The van der Waals surface area contributed by atoms with E-state index in [-0.39, 0.29) is 17.1 Å². The minimum Gasteiger partial charge on any atom is -0.299 e. The van der Waals surface area contributed by atoms with Gasteiger partial charge in [-0.3, -0.25) is 9.52 Å². The second kappa shape index (κ2) is 5.95. The third-order valence-electron chi connectivity index (χ3n) is 3.78. The van der Waals surface area contributed by atoms with Crippen LogP contribution in [0.25, 0.3) is 0 Å². The molecule has 0 aromatic heterocycles. The third kappa shape index (κ3) is 4.63. The summed E-state index contributed by atoms with van der Waals surface area (Å²) in [5, 5.41) is 0. The maximum atomic E-state index is 12.3. The first-order valence-corrected chi connectivity index (χ1v) is 8.51. The quantitative estimate of drug-likeness (QED) is 0.878. The number of anilines is 1. The average Bonchev–Trinajstić information content (AvgIpc) is 2.29. The van der Waals surface area contributed by atoms with Gasteiger partial charge in [0.1, 0.15) is 5.78 Å². The smallest absolute Gasteiger partial charge is 0.229 e. The van der Waals surface area contributed by atoms with E-state index >= 15 is 0 Å². The third-order valence-corrected chi connectivity index (χ3v) is 4.39. The van der Waals surface area contributed by atoms with Crippen molar-refractivity contribution in [2.45, 2.75) is 34.1 Å². The van der Waals surface area contributed by atoms with Crippen LogP contribution in [0, 0.1) is 11.3 Å². The summed E-state index contributed by atoms with van der Waals surface area (Å²) >= 11 is 0. The van der Waals surface area contributed by atoms with Crippen LogP contribution < -0.4 is 4.72 Å². The van der Waals surface area contributed by atoms with Gasteiger partial charge in [0.05, 0.1) is 6.26 Å². The molecule has 112 valence electrons. The summed E-state index contributed by atoms with van der Waals surface area (Å²) in [7, 11) is -3.26. The number of hydrogen-bond donors (Lipinski definition) is 1. The molecule has 0 fully saturated rings. The molecule has 0 spiro atoms. The van der Waals surface area contributed by atoms with E-state index in [1.54, 1.807) is 24.3 Å². The topological polar surface area (TPSA) is 63.2 Å². The summed E-state index contributed by atoms with van der Waals surface area (Å²) in [5.74, 6) is 0.470. The SMILES string of the molecule is CC(C)C(C)(C)C(=O)Cc1ccc(NS(C)(=O)=O)cc1. The van der Waals surface area contributed by atoms with Crippen LogP contribution >= 0.6 is 0 Å². The van der Waals surface area contributed by atoms with Crippen LogP contribution in [-0.4, -0.2) is 20.5 Å². The molecule has 20 heavy (non-hydrogen) atoms. The highest BCUT2D eigenvalue weighted by atomic mass is 32.2. The number of sulfonamides is 1. The Bertz CT molecular complexity index is 572. The van der Waals surface area contributed by atoms with Gasteiger partial charge in [0.2, 0.25) is 10.0 Å². The van der Waals surface area contributed by atoms with Crippen LogP contribution in [0.5, 0.6) is 0 Å². The van der Waals surface area contributed by atoms with Crippen LogP contribution in [0.4, 0.5) is 5.69 Å². The van der Waals surface area contributed by atoms with Gasteiger partial charge >= 0.3 is 0 Å². The van der Waals surface area contributed by atoms with Gasteiger partial charge in [0.25, 0.3) is 0 Å². The number of nitrogens with one attached hydrogen (secondary N) is 1. The van der Waals surface area contributed by atoms with Gasteiger partial charge in [-0.2, -0.15) is 0 Å². The molecule has 0 amide bonds. The molecule has 1 rings (SSSR count). The molecule has 1 aromatic carbocycles. The van der Waals surface area contributed by atoms with Crippen molar-refractivity contribution in [3.8, 4) is 0 Å². The molecular weight excluding hydrogens is 274 g/mol. The summed E-state index contributed by atoms with van der Waals surface area (Å²) in [6, 6.07) is 6.90. The summed E-state index contributed by atoms with van der Waals surface area (Å²) in [5.41, 5.74) is 1.04. The molecule has 0 heterocycles. The highest BCUT2D eigenvalue weighted by molar-refractivity contribution is 7.92. The van der Waals surface area contributed by atoms with Crippen LogP contribution in [0.2, 0.25) is 0 Å². The number of ketones is 1. The minimum atomic E-state index is -3.26. The van der Waals surface area contributed by atoms with Crippen LogP contribution in [-0.2, 0) is 21.2 Å². The summed E-state index contributed by atoms with van der Waals surface area (Å²) in [4.78, 5) is 12.3. The maximum absolute atomic E-state index is 12.3. The van der Waals surface area contributed by atoms with E-state index in [0.29, 0.717) is 12.1 Å². The van der Waals surface area contributed by atoms with Gasteiger partial charge in [-0.15, -0.1) is 0 Å². The first-order chi connectivity index (χ1) is 9.02. The van der Waals surface area contributed by atoms with Gasteiger partial charge in [-0.1, -0.05) is 39.8 Å². The van der Waals surface area contributed by atoms with Crippen LogP contribution in [0.15, 0.2) is 24.3 Å². The van der Waals surface area contributed by atoms with Crippen molar-refractivity contribution in [2.24, 2.45) is 11.3 Å². The molecular formula is C15H23NO3S. The first kappa shape index (κ1) is 16.7. The molecule has 0 saturated heterocycles. The Balaban J connectivity index is 2.78. The minimum absolute atomic E-state index is 0.191. The Kier molecular flexibility index (Phi) is 4.97. The van der Waals surface area contributed by atoms with Gasteiger partial charge < -0.3 is 0 Å². The number of hydrogen-bond acceptors (Lipinski definition) is 3. The molecule has 0 saturated carbocycles. The zero-order chi connectivity index (χ0) is 15.6. The molecule has 0 atom stereocenters. The Morgan fingerprint density at radius 3 is 2.10 bits per heavy atom. The van der Waals surface area contributed by atoms with Crippen molar-refractivity contribution in [3.05, 3.63) is 29.8 Å². The normalized spacial score (nSPS) is 12.5. The van der Waals surface area contributed by atoms with E-state index in [2.05, 4.69) is 4.72 Å². The number of carbonyl (C=O) groups excluding carboxylic acids is 1. The van der Waals surface area contributed by atoms with Gasteiger partial charge in [-0.05, 0) is 23.6 Å². The lowest BCUT2D eigenvalue weighted by atomic mass is 9.75. The largest absolute Gasteiger partial charge is 0.299 e. The van der Waals surface area contributed by atoms with Crippen molar-refractivity contribution in [1.29, 1.82) is 0 Å². The van der Waals surface area contributed by atoms with Crippen molar-refractivity contribution >= 4 is 21.5 Å². The Morgan fingerprint density at radius 2 is 1.70 bits per heavy atom. The highest BCUT2D eigenvalue weighted by Gasteiger charge is 2.30. The molecule has 0 aliphatic carbocycles. The predicted molar refractivity (Wildman–Crippen MR) is 82.2 cm³/mol. The molecule has 0 bridgehead atoms. The standard InChI is InChI=1S/C15H23NO3S/c1-11(2)15(3,4)14(17)10-12-6-8-13(9-7-12)16-20(5,18)19/h6-9,11,16H,10H2,1-5H3. The van der Waals surface area contributed by atoms with Crippen molar-refractivity contribution in [2.75, 3.05) is 11.0 Å². The van der Waals surface area contributed by atoms with Gasteiger partial charge in [0, 0.05) is 17.5 Å². The lowest BCUT2D eigenvalue weighted by Crippen LogP contribution is -2.31. The van der Waals surface area contributed by atoms with Gasteiger partial charge in [0.15, 0.2) is 0 Å². The van der Waals surface area contributed by atoms with E-state index < -0.39 is 10.0 Å². The molecule has 4 nitrogen and oxygen atoms in total. The summed E-state index contributed by atoms with van der Waals surface area (Å²) < 4.78 is 24.6. The van der Waals surface area contributed by atoms with E-state index in [0.717, 1.165) is 11.8 Å². The van der Waals surface area contributed by atoms with Crippen molar-refractivity contribution < 1.29 is 13.2 Å². The monoisotopic (exact) mass is 297 g/mol. The van der Waals surface area contributed by atoms with Crippen LogP contribution in [0.3, 0.4) is 0 Å². The molecule has 5 heteroatoms. The number of rotatable bonds is 6. The van der Waals surface area contributed by atoms with E-state index in [1.165, 1.54) is 0 Å². The second-order valence-corrected chi connectivity index (χ2v) is 7.80. The first-order valence-electron chi connectivity index (χ1n) is 6.62. The Hall–Kier alpha value is -1.36. The molecule has 0 aliphatic rings. The summed E-state index contributed by atoms with van der Waals surface area (Å²) in [6.45, 7) is 7.99. The maximum Gasteiger partial charge on any atom is 0.229 e. The van der Waals surface area contributed by atoms with Crippen molar-refractivity contribution in [3.63, 3.8) is 0 Å². The average molecular weight is 297 g/mol. The molecule has 0 aliphatic heterocycles. The fraction of sp³-hybridized carbons (Fsp3) is 0.533. The molecule has 0 unspecified atom stereocenters. The van der Waals surface area contributed by atoms with E-state index in [9.17, 15) is 13.2 Å². The zero-order valence-corrected chi connectivity index (χ0v) is 13.5. The molecule has 0 radical (unpaired) electrons. The Labute approximate surface area is 121 Å². The zero-order valence-electron chi connectivity index (χ0n) is 12.7. The lowest BCUT2D eigenvalue weighted by Gasteiger charge is -2.27. The van der Waals surface area contributed by atoms with E-state index in [1.807, 2.05) is 27.7 Å². The lowest BCUT2D eigenvalue weighted by molar-refractivity contribution is -0.128. The van der Waals surface area contributed by atoms with Crippen molar-refractivity contribution in [1.82, 2.24) is 0 Å². The Morgan fingerprint density at radius 1 is 1.20 bits per heavy atom.